The van der Waals surface area contributed by atoms with Crippen molar-refractivity contribution < 1.29 is 13.9 Å². The molecule has 0 unspecified atom stereocenters. The minimum Gasteiger partial charge on any atom is -0.381 e. The summed E-state index contributed by atoms with van der Waals surface area (Å²) in [5.41, 5.74) is 4.71. The number of aromatic nitrogens is 1. The summed E-state index contributed by atoms with van der Waals surface area (Å²) in [6.07, 6.45) is 1.48. The molecule has 0 aliphatic carbocycles. The Morgan fingerprint density at radius 2 is 1.94 bits per heavy atom. The van der Waals surface area contributed by atoms with Gasteiger partial charge in [0.1, 0.15) is 15.7 Å². The van der Waals surface area contributed by atoms with Crippen molar-refractivity contribution in [1.29, 1.82) is 0 Å². The van der Waals surface area contributed by atoms with Gasteiger partial charge in [-0.1, -0.05) is 35.9 Å². The topological polar surface area (TPSA) is 51.2 Å². The molecule has 1 aromatic heterocycles. The number of thiazole rings is 1. The number of benzene rings is 2. The first kappa shape index (κ1) is 21.7. The van der Waals surface area contributed by atoms with Crippen molar-refractivity contribution in [2.45, 2.75) is 39.0 Å². The number of nitrogens with one attached hydrogen (secondary N) is 1. The van der Waals surface area contributed by atoms with Crippen LogP contribution in [0.3, 0.4) is 0 Å². The van der Waals surface area contributed by atoms with Gasteiger partial charge in [0.05, 0.1) is 5.69 Å². The highest BCUT2D eigenvalue weighted by Gasteiger charge is 2.35. The highest BCUT2D eigenvalue weighted by atomic mass is 32.1. The highest BCUT2D eigenvalue weighted by molar-refractivity contribution is 7.17. The number of amides is 1. The molecule has 0 atom stereocenters. The second-order valence-electron chi connectivity index (χ2n) is 8.34. The molecular weight excluding hydrogens is 411 g/mol. The van der Waals surface area contributed by atoms with E-state index >= 15 is 0 Å². The molecule has 0 spiro atoms. The average Bonchev–Trinajstić information content (AvgIpc) is 3.14. The molecule has 31 heavy (non-hydrogen) atoms. The van der Waals surface area contributed by atoms with Crippen LogP contribution in [0, 0.1) is 26.6 Å². The van der Waals surface area contributed by atoms with Crippen molar-refractivity contribution in [3.05, 3.63) is 75.5 Å². The van der Waals surface area contributed by atoms with E-state index in [0.717, 1.165) is 40.2 Å². The van der Waals surface area contributed by atoms with Crippen LogP contribution in [0.1, 0.15) is 44.9 Å². The number of carbonyl (C=O) groups is 1. The van der Waals surface area contributed by atoms with Gasteiger partial charge in [0, 0.05) is 30.7 Å². The number of aryl methyl sites for hydroxylation is 3. The zero-order valence-electron chi connectivity index (χ0n) is 18.1. The molecule has 0 saturated carbocycles. The van der Waals surface area contributed by atoms with Gasteiger partial charge >= 0.3 is 0 Å². The van der Waals surface area contributed by atoms with Gasteiger partial charge in [0.15, 0.2) is 0 Å². The van der Waals surface area contributed by atoms with Gasteiger partial charge in [-0.05, 0) is 56.9 Å². The Bertz CT molecular complexity index is 1100. The molecule has 4 rings (SSSR count). The van der Waals surface area contributed by atoms with E-state index in [9.17, 15) is 9.18 Å². The third-order valence-electron chi connectivity index (χ3n) is 6.09. The lowest BCUT2D eigenvalue weighted by Crippen LogP contribution is -2.44. The van der Waals surface area contributed by atoms with Crippen LogP contribution in [0.15, 0.2) is 42.5 Å². The zero-order chi connectivity index (χ0) is 22.0. The predicted molar refractivity (Wildman–Crippen MR) is 122 cm³/mol. The fourth-order valence-electron chi connectivity index (χ4n) is 4.25. The van der Waals surface area contributed by atoms with Gasteiger partial charge in [0.2, 0.25) is 0 Å². The van der Waals surface area contributed by atoms with E-state index in [0.29, 0.717) is 24.6 Å². The number of hydrogen-bond donors (Lipinski definition) is 1. The van der Waals surface area contributed by atoms with Gasteiger partial charge in [-0.3, -0.25) is 4.79 Å². The van der Waals surface area contributed by atoms with Gasteiger partial charge in [-0.2, -0.15) is 0 Å². The van der Waals surface area contributed by atoms with E-state index in [1.165, 1.54) is 23.0 Å². The first-order chi connectivity index (χ1) is 14.9. The number of halogens is 1. The lowest BCUT2D eigenvalue weighted by atomic mass is 9.74. The van der Waals surface area contributed by atoms with E-state index < -0.39 is 0 Å². The summed E-state index contributed by atoms with van der Waals surface area (Å²) in [5.74, 6) is -0.389. The summed E-state index contributed by atoms with van der Waals surface area (Å²) in [6, 6.07) is 12.9. The number of ether oxygens (including phenoxy) is 1. The Labute approximate surface area is 186 Å². The lowest BCUT2D eigenvalue weighted by Gasteiger charge is -2.38. The Morgan fingerprint density at radius 1 is 1.16 bits per heavy atom. The van der Waals surface area contributed by atoms with Crippen molar-refractivity contribution in [1.82, 2.24) is 10.3 Å². The van der Waals surface area contributed by atoms with E-state index in [-0.39, 0.29) is 17.1 Å². The van der Waals surface area contributed by atoms with Crippen molar-refractivity contribution in [2.24, 2.45) is 0 Å². The largest absolute Gasteiger partial charge is 0.381 e. The summed E-state index contributed by atoms with van der Waals surface area (Å²) in [7, 11) is 0. The molecule has 2 heterocycles. The quantitative estimate of drug-likeness (QED) is 0.584. The van der Waals surface area contributed by atoms with Gasteiger partial charge in [-0.25, -0.2) is 9.37 Å². The molecule has 1 aliphatic heterocycles. The first-order valence-corrected chi connectivity index (χ1v) is 11.4. The number of hydrogen-bond acceptors (Lipinski definition) is 4. The van der Waals surface area contributed by atoms with Crippen LogP contribution >= 0.6 is 11.3 Å². The predicted octanol–water partition coefficient (Wildman–Crippen LogP) is 5.35. The van der Waals surface area contributed by atoms with Crippen LogP contribution in [0.5, 0.6) is 0 Å². The Balaban J connectivity index is 1.55. The summed E-state index contributed by atoms with van der Waals surface area (Å²) in [4.78, 5) is 18.4. The molecule has 3 aromatic rings. The fourth-order valence-corrected chi connectivity index (χ4v) is 5.33. The maximum Gasteiger partial charge on any atom is 0.263 e. The Kier molecular flexibility index (Phi) is 6.21. The van der Waals surface area contributed by atoms with E-state index in [2.05, 4.69) is 42.3 Å². The second-order valence-corrected chi connectivity index (χ2v) is 9.34. The van der Waals surface area contributed by atoms with Crippen LogP contribution in [-0.2, 0) is 10.2 Å². The summed E-state index contributed by atoms with van der Waals surface area (Å²) in [5, 5.41) is 3.96. The standard InChI is InChI=1S/C25H27FN2O2S/c1-16-7-8-21(17(2)13-16)24-28-18(3)22(31-24)23(29)27-15-25(9-11-30-12-10-25)19-5-4-6-20(26)14-19/h4-8,13-14H,9-12,15H2,1-3H3,(H,27,29). The number of carbonyl (C=O) groups excluding carboxylic acids is 1. The minimum absolute atomic E-state index is 0.131. The van der Waals surface area contributed by atoms with Crippen LogP contribution in [0.4, 0.5) is 4.39 Å². The second kappa shape index (κ2) is 8.89. The average molecular weight is 439 g/mol. The van der Waals surface area contributed by atoms with Crippen molar-refractivity contribution in [2.75, 3.05) is 19.8 Å². The Morgan fingerprint density at radius 3 is 2.65 bits per heavy atom. The fraction of sp³-hybridized carbons (Fsp3) is 0.360. The third-order valence-corrected chi connectivity index (χ3v) is 7.28. The molecule has 1 saturated heterocycles. The molecule has 1 aliphatic rings. The molecule has 2 aromatic carbocycles. The van der Waals surface area contributed by atoms with E-state index in [1.807, 2.05) is 13.0 Å². The maximum absolute atomic E-state index is 13.9. The SMILES string of the molecule is Cc1ccc(-c2nc(C)c(C(=O)NCC3(c4cccc(F)c4)CCOCC3)s2)c(C)c1. The summed E-state index contributed by atoms with van der Waals surface area (Å²) in [6.45, 7) is 7.63. The van der Waals surface area contributed by atoms with Crippen molar-refractivity contribution in [3.8, 4) is 10.6 Å². The number of nitrogens with zero attached hydrogens (tertiary/aromatic N) is 1. The minimum atomic E-state index is -0.328. The third kappa shape index (κ3) is 4.55. The molecule has 0 bridgehead atoms. The van der Waals surface area contributed by atoms with Crippen molar-refractivity contribution >= 4 is 17.2 Å². The number of rotatable bonds is 5. The molecule has 1 fully saturated rings. The van der Waals surface area contributed by atoms with Crippen LogP contribution in [-0.4, -0.2) is 30.6 Å². The summed E-state index contributed by atoms with van der Waals surface area (Å²) >= 11 is 1.42. The molecule has 6 heteroatoms. The monoisotopic (exact) mass is 438 g/mol. The van der Waals surface area contributed by atoms with Gasteiger partial charge in [-0.15, -0.1) is 11.3 Å². The molecule has 1 amide bonds. The molecule has 0 radical (unpaired) electrons. The summed E-state index contributed by atoms with van der Waals surface area (Å²) < 4.78 is 19.4. The molecule has 4 nitrogen and oxygen atoms in total. The normalized spacial score (nSPS) is 15.6. The van der Waals surface area contributed by atoms with E-state index in [4.69, 9.17) is 4.74 Å². The molecule has 162 valence electrons. The van der Waals surface area contributed by atoms with Crippen LogP contribution in [0.2, 0.25) is 0 Å². The van der Waals surface area contributed by atoms with Crippen LogP contribution < -0.4 is 5.32 Å². The maximum atomic E-state index is 13.9. The highest BCUT2D eigenvalue weighted by Crippen LogP contribution is 2.35. The zero-order valence-corrected chi connectivity index (χ0v) is 18.9. The van der Waals surface area contributed by atoms with Gasteiger partial charge < -0.3 is 10.1 Å². The van der Waals surface area contributed by atoms with Gasteiger partial charge in [0.25, 0.3) is 5.91 Å². The first-order valence-electron chi connectivity index (χ1n) is 10.5. The molecular formula is C25H27FN2O2S. The smallest absolute Gasteiger partial charge is 0.263 e. The lowest BCUT2D eigenvalue weighted by molar-refractivity contribution is 0.0486. The molecule has 1 N–H and O–H groups in total. The van der Waals surface area contributed by atoms with Crippen molar-refractivity contribution in [3.63, 3.8) is 0 Å². The van der Waals surface area contributed by atoms with E-state index in [1.54, 1.807) is 12.1 Å². The Hall–Kier alpha value is -2.57. The van der Waals surface area contributed by atoms with Crippen LogP contribution in [0.25, 0.3) is 10.6 Å².